The van der Waals surface area contributed by atoms with Gasteiger partial charge in [0.05, 0.1) is 16.4 Å². The van der Waals surface area contributed by atoms with Crippen molar-refractivity contribution in [3.63, 3.8) is 0 Å². The lowest BCUT2D eigenvalue weighted by atomic mass is 10.2. The van der Waals surface area contributed by atoms with Gasteiger partial charge >= 0.3 is 0 Å². The lowest BCUT2D eigenvalue weighted by molar-refractivity contribution is -0.116. The number of piperazine rings is 1. The molecule has 0 aromatic heterocycles. The molecule has 0 atom stereocenters. The Morgan fingerprint density at radius 2 is 1.81 bits per heavy atom. The van der Waals surface area contributed by atoms with Crippen LogP contribution in [0.5, 0.6) is 0 Å². The molecule has 1 aliphatic heterocycles. The third kappa shape index (κ3) is 4.71. The normalized spacial score (nSPS) is 15.1. The predicted octanol–water partition coefficient (Wildman–Crippen LogP) is 3.77. The smallest absolute Gasteiger partial charge is 0.225 e. The summed E-state index contributed by atoms with van der Waals surface area (Å²) in [4.78, 5) is 16.4. The number of rotatable bonds is 5. The van der Waals surface area contributed by atoms with Crippen LogP contribution in [-0.4, -0.2) is 43.5 Å². The van der Waals surface area contributed by atoms with Gasteiger partial charge in [0, 0.05) is 45.2 Å². The number of halogens is 3. The number of carbonyl (C=O) groups excluding carboxylic acids is 1. The van der Waals surface area contributed by atoms with E-state index in [1.807, 2.05) is 24.3 Å². The Hall–Kier alpha value is -2.18. The van der Waals surface area contributed by atoms with Crippen molar-refractivity contribution in [2.45, 2.75) is 6.42 Å². The van der Waals surface area contributed by atoms with Crippen molar-refractivity contribution in [1.82, 2.24) is 4.90 Å². The van der Waals surface area contributed by atoms with Crippen LogP contribution in [0.3, 0.4) is 0 Å². The van der Waals surface area contributed by atoms with Gasteiger partial charge in [0.2, 0.25) is 5.91 Å². The van der Waals surface area contributed by atoms with E-state index in [1.54, 1.807) is 0 Å². The number of benzene rings is 2. The highest BCUT2D eigenvalue weighted by Crippen LogP contribution is 2.26. The van der Waals surface area contributed by atoms with E-state index in [2.05, 4.69) is 15.1 Å². The molecule has 0 radical (unpaired) electrons. The van der Waals surface area contributed by atoms with Crippen LogP contribution >= 0.6 is 11.6 Å². The monoisotopic (exact) mass is 379 g/mol. The van der Waals surface area contributed by atoms with E-state index in [0.717, 1.165) is 49.0 Å². The number of anilines is 2. The van der Waals surface area contributed by atoms with Crippen LogP contribution in [0.2, 0.25) is 5.02 Å². The Kier molecular flexibility index (Phi) is 6.06. The summed E-state index contributed by atoms with van der Waals surface area (Å²) in [5.41, 5.74) is 1.03. The lowest BCUT2D eigenvalue weighted by Gasteiger charge is -2.36. The first-order valence-corrected chi connectivity index (χ1v) is 8.87. The fourth-order valence-electron chi connectivity index (χ4n) is 2.98. The second-order valence-electron chi connectivity index (χ2n) is 6.20. The van der Waals surface area contributed by atoms with Crippen molar-refractivity contribution in [3.05, 3.63) is 59.1 Å². The molecule has 0 aliphatic carbocycles. The maximum Gasteiger partial charge on any atom is 0.225 e. The van der Waals surface area contributed by atoms with E-state index < -0.39 is 11.6 Å². The van der Waals surface area contributed by atoms with Gasteiger partial charge in [-0.3, -0.25) is 9.69 Å². The molecule has 4 nitrogen and oxygen atoms in total. The van der Waals surface area contributed by atoms with E-state index in [1.165, 1.54) is 6.07 Å². The summed E-state index contributed by atoms with van der Waals surface area (Å²) >= 11 is 6.23. The second kappa shape index (κ2) is 8.47. The Morgan fingerprint density at radius 3 is 2.50 bits per heavy atom. The quantitative estimate of drug-likeness (QED) is 0.859. The van der Waals surface area contributed by atoms with E-state index in [9.17, 15) is 13.6 Å². The van der Waals surface area contributed by atoms with Crippen LogP contribution < -0.4 is 10.2 Å². The van der Waals surface area contributed by atoms with E-state index in [4.69, 9.17) is 11.6 Å². The van der Waals surface area contributed by atoms with Crippen LogP contribution in [-0.2, 0) is 4.79 Å². The molecule has 138 valence electrons. The highest BCUT2D eigenvalue weighted by Gasteiger charge is 2.19. The molecule has 3 rings (SSSR count). The summed E-state index contributed by atoms with van der Waals surface area (Å²) in [6.07, 6.45) is 0.253. The molecular formula is C19H20ClF2N3O. The molecule has 2 aromatic carbocycles. The summed E-state index contributed by atoms with van der Waals surface area (Å²) < 4.78 is 26.4. The van der Waals surface area contributed by atoms with E-state index in [-0.39, 0.29) is 18.0 Å². The topological polar surface area (TPSA) is 35.6 Å². The van der Waals surface area contributed by atoms with E-state index in [0.29, 0.717) is 6.54 Å². The zero-order valence-electron chi connectivity index (χ0n) is 14.2. The average molecular weight is 380 g/mol. The van der Waals surface area contributed by atoms with Crippen molar-refractivity contribution < 1.29 is 13.6 Å². The van der Waals surface area contributed by atoms with Gasteiger partial charge in [-0.05, 0) is 24.3 Å². The molecule has 1 aliphatic rings. The number of para-hydroxylation sites is 1. The number of hydrogen-bond donors (Lipinski definition) is 1. The first kappa shape index (κ1) is 18.6. The minimum Gasteiger partial charge on any atom is -0.368 e. The molecule has 1 N–H and O–H groups in total. The zero-order chi connectivity index (χ0) is 18.5. The van der Waals surface area contributed by atoms with Crippen LogP contribution in [0.15, 0.2) is 42.5 Å². The highest BCUT2D eigenvalue weighted by molar-refractivity contribution is 6.33. The molecule has 0 unspecified atom stereocenters. The number of nitrogens with zero attached hydrogens (tertiary/aromatic N) is 2. The van der Waals surface area contributed by atoms with Gasteiger partial charge in [-0.1, -0.05) is 23.7 Å². The Bertz CT molecular complexity index is 779. The molecule has 1 heterocycles. The standard InChI is InChI=1S/C19H20ClF2N3O/c20-15-3-1-2-4-18(15)25-11-9-24(10-12-25)8-7-19(26)23-17-6-5-14(21)13-16(17)22/h1-6,13H,7-12H2,(H,23,26). The maximum atomic E-state index is 13.6. The Labute approximate surface area is 156 Å². The molecule has 0 bridgehead atoms. The third-order valence-corrected chi connectivity index (χ3v) is 4.75. The summed E-state index contributed by atoms with van der Waals surface area (Å²) in [6.45, 7) is 3.90. The van der Waals surface area contributed by atoms with Crippen molar-refractivity contribution in [3.8, 4) is 0 Å². The van der Waals surface area contributed by atoms with Crippen molar-refractivity contribution in [2.75, 3.05) is 42.9 Å². The summed E-state index contributed by atoms with van der Waals surface area (Å²) in [5, 5.41) is 3.22. The van der Waals surface area contributed by atoms with Crippen molar-refractivity contribution in [2.24, 2.45) is 0 Å². The van der Waals surface area contributed by atoms with Gasteiger partial charge in [-0.25, -0.2) is 8.78 Å². The SMILES string of the molecule is O=C(CCN1CCN(c2ccccc2Cl)CC1)Nc1ccc(F)cc1F. The largest absolute Gasteiger partial charge is 0.368 e. The van der Waals surface area contributed by atoms with Crippen molar-refractivity contribution >= 4 is 28.9 Å². The fourth-order valence-corrected chi connectivity index (χ4v) is 3.24. The summed E-state index contributed by atoms with van der Waals surface area (Å²) in [5.74, 6) is -1.73. The zero-order valence-corrected chi connectivity index (χ0v) is 15.0. The molecular weight excluding hydrogens is 360 g/mol. The van der Waals surface area contributed by atoms with E-state index >= 15 is 0 Å². The van der Waals surface area contributed by atoms with Crippen LogP contribution in [0, 0.1) is 11.6 Å². The Balaban J connectivity index is 1.45. The van der Waals surface area contributed by atoms with Crippen molar-refractivity contribution in [1.29, 1.82) is 0 Å². The first-order chi connectivity index (χ1) is 12.5. The fraction of sp³-hybridized carbons (Fsp3) is 0.316. The molecule has 7 heteroatoms. The molecule has 0 saturated carbocycles. The number of amides is 1. The number of nitrogens with one attached hydrogen (secondary N) is 1. The van der Waals surface area contributed by atoms with Gasteiger partial charge < -0.3 is 10.2 Å². The first-order valence-electron chi connectivity index (χ1n) is 8.49. The molecule has 1 amide bonds. The predicted molar refractivity (Wildman–Crippen MR) is 99.7 cm³/mol. The second-order valence-corrected chi connectivity index (χ2v) is 6.61. The third-order valence-electron chi connectivity index (χ3n) is 4.43. The summed E-state index contributed by atoms with van der Waals surface area (Å²) in [7, 11) is 0. The van der Waals surface area contributed by atoms with Gasteiger partial charge in [0.1, 0.15) is 11.6 Å². The van der Waals surface area contributed by atoms with Gasteiger partial charge in [-0.15, -0.1) is 0 Å². The number of carbonyl (C=O) groups is 1. The highest BCUT2D eigenvalue weighted by atomic mass is 35.5. The molecule has 2 aromatic rings. The molecule has 1 fully saturated rings. The van der Waals surface area contributed by atoms with Crippen LogP contribution in [0.1, 0.15) is 6.42 Å². The number of hydrogen-bond acceptors (Lipinski definition) is 3. The minimum absolute atomic E-state index is 0.0000567. The summed E-state index contributed by atoms with van der Waals surface area (Å²) in [6, 6.07) is 10.9. The molecule has 1 saturated heterocycles. The van der Waals surface area contributed by atoms with Gasteiger partial charge in [-0.2, -0.15) is 0 Å². The van der Waals surface area contributed by atoms with Crippen LogP contribution in [0.25, 0.3) is 0 Å². The van der Waals surface area contributed by atoms with Crippen LogP contribution in [0.4, 0.5) is 20.2 Å². The van der Waals surface area contributed by atoms with Gasteiger partial charge in [0.15, 0.2) is 0 Å². The molecule has 0 spiro atoms. The van der Waals surface area contributed by atoms with Gasteiger partial charge in [0.25, 0.3) is 0 Å². The minimum atomic E-state index is -0.772. The molecule has 26 heavy (non-hydrogen) atoms. The lowest BCUT2D eigenvalue weighted by Crippen LogP contribution is -2.47. The average Bonchev–Trinajstić information content (AvgIpc) is 2.63. The maximum absolute atomic E-state index is 13.6. The Morgan fingerprint density at radius 1 is 1.08 bits per heavy atom.